The van der Waals surface area contributed by atoms with Crippen LogP contribution in [0.2, 0.25) is 10.0 Å². The summed E-state index contributed by atoms with van der Waals surface area (Å²) >= 11 is 11.8. The summed E-state index contributed by atoms with van der Waals surface area (Å²) < 4.78 is 5.64. The standard InChI is InChI=1S/C14H18Cl2N2O2/c1-18(8-10-4-2-3-5-20-10)14(19)9-6-11(15)13(16)12(17)7-9/h6-7,10H,2-5,8,17H2,1H3. The molecule has 110 valence electrons. The molecule has 0 bridgehead atoms. The molecule has 0 saturated carbocycles. The van der Waals surface area contributed by atoms with Gasteiger partial charge in [-0.3, -0.25) is 4.79 Å². The molecule has 1 atom stereocenters. The number of likely N-dealkylation sites (N-methyl/N-ethyl adjacent to an activating group) is 1. The van der Waals surface area contributed by atoms with E-state index in [1.165, 1.54) is 0 Å². The minimum atomic E-state index is -0.135. The van der Waals surface area contributed by atoms with Crippen LogP contribution in [0.15, 0.2) is 12.1 Å². The van der Waals surface area contributed by atoms with Crippen LogP contribution in [0.25, 0.3) is 0 Å². The van der Waals surface area contributed by atoms with Crippen LogP contribution in [-0.4, -0.2) is 37.1 Å². The molecule has 1 saturated heterocycles. The maximum Gasteiger partial charge on any atom is 0.253 e. The van der Waals surface area contributed by atoms with E-state index < -0.39 is 0 Å². The molecular weight excluding hydrogens is 299 g/mol. The lowest BCUT2D eigenvalue weighted by Crippen LogP contribution is -2.37. The zero-order chi connectivity index (χ0) is 14.7. The normalized spacial score (nSPS) is 18.9. The average molecular weight is 317 g/mol. The minimum absolute atomic E-state index is 0.109. The molecular formula is C14H18Cl2N2O2. The van der Waals surface area contributed by atoms with Crippen molar-refractivity contribution in [3.8, 4) is 0 Å². The molecule has 1 amide bonds. The molecule has 1 unspecified atom stereocenters. The van der Waals surface area contributed by atoms with E-state index in [0.29, 0.717) is 17.8 Å². The van der Waals surface area contributed by atoms with Crippen LogP contribution in [0.3, 0.4) is 0 Å². The highest BCUT2D eigenvalue weighted by molar-refractivity contribution is 6.43. The Bertz CT molecular complexity index is 479. The maximum atomic E-state index is 12.3. The number of benzene rings is 1. The molecule has 20 heavy (non-hydrogen) atoms. The summed E-state index contributed by atoms with van der Waals surface area (Å²) in [6, 6.07) is 3.09. The van der Waals surface area contributed by atoms with Gasteiger partial charge in [0.1, 0.15) is 0 Å². The molecule has 4 nitrogen and oxygen atoms in total. The highest BCUT2D eigenvalue weighted by Crippen LogP contribution is 2.29. The first-order valence-corrected chi connectivity index (χ1v) is 7.36. The molecule has 1 aromatic rings. The van der Waals surface area contributed by atoms with Crippen molar-refractivity contribution < 1.29 is 9.53 Å². The van der Waals surface area contributed by atoms with Crippen LogP contribution in [0.4, 0.5) is 5.69 Å². The smallest absolute Gasteiger partial charge is 0.253 e. The molecule has 1 aliphatic heterocycles. The molecule has 2 N–H and O–H groups in total. The number of amides is 1. The van der Waals surface area contributed by atoms with Gasteiger partial charge in [-0.25, -0.2) is 0 Å². The fourth-order valence-electron chi connectivity index (χ4n) is 2.29. The van der Waals surface area contributed by atoms with Crippen molar-refractivity contribution in [3.05, 3.63) is 27.7 Å². The Morgan fingerprint density at radius 1 is 1.45 bits per heavy atom. The SMILES string of the molecule is CN(CC1CCCCO1)C(=O)c1cc(N)c(Cl)c(Cl)c1. The molecule has 1 heterocycles. The predicted molar refractivity (Wildman–Crippen MR) is 81.4 cm³/mol. The Kier molecular flexibility index (Phi) is 5.13. The summed E-state index contributed by atoms with van der Waals surface area (Å²) in [5.74, 6) is -0.135. The van der Waals surface area contributed by atoms with Gasteiger partial charge in [-0.05, 0) is 31.4 Å². The first-order valence-electron chi connectivity index (χ1n) is 6.60. The number of ether oxygens (including phenoxy) is 1. The van der Waals surface area contributed by atoms with Gasteiger partial charge >= 0.3 is 0 Å². The first-order chi connectivity index (χ1) is 9.49. The highest BCUT2D eigenvalue weighted by Gasteiger charge is 2.20. The monoisotopic (exact) mass is 316 g/mol. The van der Waals surface area contributed by atoms with Crippen LogP contribution in [0.5, 0.6) is 0 Å². The number of rotatable bonds is 3. The van der Waals surface area contributed by atoms with Crippen LogP contribution in [0.1, 0.15) is 29.6 Å². The van der Waals surface area contributed by atoms with E-state index in [4.69, 9.17) is 33.7 Å². The minimum Gasteiger partial charge on any atom is -0.397 e. The van der Waals surface area contributed by atoms with Crippen molar-refractivity contribution >= 4 is 34.8 Å². The predicted octanol–water partition coefficient (Wildman–Crippen LogP) is 3.22. The van der Waals surface area contributed by atoms with Crippen molar-refractivity contribution in [2.24, 2.45) is 0 Å². The number of halogens is 2. The maximum absolute atomic E-state index is 12.3. The van der Waals surface area contributed by atoms with Crippen LogP contribution in [0, 0.1) is 0 Å². The zero-order valence-corrected chi connectivity index (χ0v) is 12.9. The molecule has 2 rings (SSSR count). The van der Waals surface area contributed by atoms with E-state index in [9.17, 15) is 4.79 Å². The second kappa shape index (κ2) is 6.66. The van der Waals surface area contributed by atoms with Gasteiger partial charge in [0.25, 0.3) is 5.91 Å². The third-order valence-corrected chi connectivity index (χ3v) is 4.22. The van der Waals surface area contributed by atoms with Gasteiger partial charge in [0, 0.05) is 25.8 Å². The third kappa shape index (κ3) is 3.57. The van der Waals surface area contributed by atoms with E-state index in [-0.39, 0.29) is 22.1 Å². The van der Waals surface area contributed by atoms with Crippen molar-refractivity contribution in [2.75, 3.05) is 25.9 Å². The lowest BCUT2D eigenvalue weighted by molar-refractivity contribution is -0.000185. The highest BCUT2D eigenvalue weighted by atomic mass is 35.5. The number of carbonyl (C=O) groups excluding carboxylic acids is 1. The van der Waals surface area contributed by atoms with Crippen molar-refractivity contribution in [2.45, 2.75) is 25.4 Å². The second-order valence-electron chi connectivity index (χ2n) is 5.04. The van der Waals surface area contributed by atoms with Gasteiger partial charge in [-0.1, -0.05) is 23.2 Å². The van der Waals surface area contributed by atoms with Gasteiger partial charge in [0.05, 0.1) is 21.8 Å². The topological polar surface area (TPSA) is 55.6 Å². The molecule has 1 fully saturated rings. The molecule has 1 aromatic carbocycles. The van der Waals surface area contributed by atoms with Gasteiger partial charge < -0.3 is 15.4 Å². The Hall–Kier alpha value is -0.970. The molecule has 6 heteroatoms. The summed E-state index contributed by atoms with van der Waals surface area (Å²) in [5, 5.41) is 0.568. The van der Waals surface area contributed by atoms with Crippen LogP contribution < -0.4 is 5.73 Å². The molecule has 0 aromatic heterocycles. The van der Waals surface area contributed by atoms with E-state index in [1.807, 2.05) is 0 Å². The summed E-state index contributed by atoms with van der Waals surface area (Å²) in [6.07, 6.45) is 3.34. The number of nitrogens with zero attached hydrogens (tertiary/aromatic N) is 1. The largest absolute Gasteiger partial charge is 0.397 e. The zero-order valence-electron chi connectivity index (χ0n) is 11.4. The van der Waals surface area contributed by atoms with Crippen LogP contribution >= 0.6 is 23.2 Å². The fourth-order valence-corrected chi connectivity index (χ4v) is 2.63. The summed E-state index contributed by atoms with van der Waals surface area (Å²) in [6.45, 7) is 1.34. The number of carbonyl (C=O) groups is 1. The Morgan fingerprint density at radius 3 is 2.80 bits per heavy atom. The van der Waals surface area contributed by atoms with E-state index in [2.05, 4.69) is 0 Å². The Morgan fingerprint density at radius 2 is 2.20 bits per heavy atom. The summed E-state index contributed by atoms with van der Waals surface area (Å²) in [7, 11) is 1.75. The Labute approximate surface area is 128 Å². The number of nitrogens with two attached hydrogens (primary N) is 1. The number of anilines is 1. The fraction of sp³-hybridized carbons (Fsp3) is 0.500. The Balaban J connectivity index is 2.06. The lowest BCUT2D eigenvalue weighted by Gasteiger charge is -2.27. The van der Waals surface area contributed by atoms with E-state index >= 15 is 0 Å². The third-order valence-electron chi connectivity index (χ3n) is 3.40. The van der Waals surface area contributed by atoms with Gasteiger partial charge in [0.2, 0.25) is 0 Å². The molecule has 0 spiro atoms. The van der Waals surface area contributed by atoms with Crippen LogP contribution in [-0.2, 0) is 4.74 Å². The van der Waals surface area contributed by atoms with Crippen molar-refractivity contribution in [3.63, 3.8) is 0 Å². The van der Waals surface area contributed by atoms with Crippen molar-refractivity contribution in [1.29, 1.82) is 0 Å². The summed E-state index contributed by atoms with van der Waals surface area (Å²) in [4.78, 5) is 14.0. The van der Waals surface area contributed by atoms with E-state index in [1.54, 1.807) is 24.1 Å². The molecule has 0 aliphatic carbocycles. The number of nitrogen functional groups attached to an aromatic ring is 1. The number of hydrogen-bond donors (Lipinski definition) is 1. The molecule has 1 aliphatic rings. The number of hydrogen-bond acceptors (Lipinski definition) is 3. The van der Waals surface area contributed by atoms with E-state index in [0.717, 1.165) is 25.9 Å². The van der Waals surface area contributed by atoms with Gasteiger partial charge in [0.15, 0.2) is 0 Å². The quantitative estimate of drug-likeness (QED) is 0.871. The van der Waals surface area contributed by atoms with Crippen molar-refractivity contribution in [1.82, 2.24) is 4.90 Å². The first kappa shape index (κ1) is 15.4. The average Bonchev–Trinajstić information content (AvgIpc) is 2.44. The van der Waals surface area contributed by atoms with Gasteiger partial charge in [-0.15, -0.1) is 0 Å². The second-order valence-corrected chi connectivity index (χ2v) is 5.82. The molecule has 0 radical (unpaired) electrons. The van der Waals surface area contributed by atoms with Gasteiger partial charge in [-0.2, -0.15) is 0 Å². The lowest BCUT2D eigenvalue weighted by atomic mass is 10.1. The summed E-state index contributed by atoms with van der Waals surface area (Å²) in [5.41, 5.74) is 6.48.